The minimum Gasteiger partial charge on any atom is -0.398 e. The molecule has 0 aliphatic heterocycles. The summed E-state index contributed by atoms with van der Waals surface area (Å²) in [4.78, 5) is 0. The average Bonchev–Trinajstić information content (AvgIpc) is 2.36. The molecule has 1 atom stereocenters. The number of nitrogen functional groups attached to an aromatic ring is 1. The lowest BCUT2D eigenvalue weighted by atomic mass is 9.96. The number of aryl methyl sites for hydroxylation is 1. The van der Waals surface area contributed by atoms with Gasteiger partial charge in [0.2, 0.25) is 0 Å². The Morgan fingerprint density at radius 1 is 1.10 bits per heavy atom. The Kier molecular flexibility index (Phi) is 3.91. The van der Waals surface area contributed by atoms with Gasteiger partial charge in [-0.15, -0.1) is 0 Å². The van der Waals surface area contributed by atoms with E-state index in [0.29, 0.717) is 5.56 Å². The fourth-order valence-electron chi connectivity index (χ4n) is 2.09. The van der Waals surface area contributed by atoms with Gasteiger partial charge in [-0.25, -0.2) is 4.39 Å². The first kappa shape index (κ1) is 15.3. The third kappa shape index (κ3) is 3.33. The molecular formula is C15H13F4NO. The fraction of sp³-hybridized carbons (Fsp3) is 0.200. The number of hydrogen-bond donors (Lipinski definition) is 2. The molecule has 0 saturated heterocycles. The molecule has 0 aliphatic rings. The molecule has 2 aromatic rings. The molecule has 0 aliphatic carbocycles. The predicted molar refractivity (Wildman–Crippen MR) is 71.1 cm³/mol. The van der Waals surface area contributed by atoms with Crippen molar-refractivity contribution in [2.24, 2.45) is 0 Å². The highest BCUT2D eigenvalue weighted by Crippen LogP contribution is 2.35. The van der Waals surface area contributed by atoms with Crippen LogP contribution in [0.1, 0.15) is 28.4 Å². The Morgan fingerprint density at radius 2 is 1.76 bits per heavy atom. The smallest absolute Gasteiger partial charge is 0.398 e. The molecule has 0 heterocycles. The van der Waals surface area contributed by atoms with Crippen molar-refractivity contribution < 1.29 is 22.7 Å². The van der Waals surface area contributed by atoms with Crippen molar-refractivity contribution in [1.82, 2.24) is 0 Å². The molecule has 0 amide bonds. The number of benzene rings is 2. The van der Waals surface area contributed by atoms with Crippen LogP contribution in [0, 0.1) is 12.7 Å². The number of rotatable bonds is 2. The van der Waals surface area contributed by atoms with Gasteiger partial charge in [-0.1, -0.05) is 6.07 Å². The average molecular weight is 299 g/mol. The van der Waals surface area contributed by atoms with Crippen LogP contribution >= 0.6 is 0 Å². The number of aliphatic hydroxyl groups excluding tert-OH is 1. The van der Waals surface area contributed by atoms with Crippen LogP contribution in [0.2, 0.25) is 0 Å². The van der Waals surface area contributed by atoms with Crippen LogP contribution in [0.25, 0.3) is 0 Å². The van der Waals surface area contributed by atoms with Gasteiger partial charge in [0, 0.05) is 11.3 Å². The zero-order valence-electron chi connectivity index (χ0n) is 11.1. The Morgan fingerprint density at radius 3 is 2.33 bits per heavy atom. The van der Waals surface area contributed by atoms with Gasteiger partial charge in [0.1, 0.15) is 11.9 Å². The van der Waals surface area contributed by atoms with Gasteiger partial charge in [0.15, 0.2) is 0 Å². The second-order valence-corrected chi connectivity index (χ2v) is 4.81. The van der Waals surface area contributed by atoms with Gasteiger partial charge in [-0.2, -0.15) is 13.2 Å². The SMILES string of the molecule is Cc1cc(F)cc(C(O)c2cc(C(F)(F)F)ccc2N)c1. The Bertz CT molecular complexity index is 647. The molecule has 2 rings (SSSR count). The maximum absolute atomic E-state index is 13.4. The Labute approximate surface area is 118 Å². The number of aliphatic hydroxyl groups is 1. The van der Waals surface area contributed by atoms with E-state index in [1.54, 1.807) is 6.92 Å². The standard InChI is InChI=1S/C15H13F4NO/c1-8-4-9(6-11(16)5-8)14(21)12-7-10(15(17,18)19)2-3-13(12)20/h2-7,14,21H,20H2,1H3. The fourth-order valence-corrected chi connectivity index (χ4v) is 2.09. The van der Waals surface area contributed by atoms with Crippen LogP contribution < -0.4 is 5.73 Å². The Hall–Kier alpha value is -2.08. The van der Waals surface area contributed by atoms with Crippen molar-refractivity contribution in [2.75, 3.05) is 5.73 Å². The summed E-state index contributed by atoms with van der Waals surface area (Å²) in [6.07, 6.45) is -5.97. The summed E-state index contributed by atoms with van der Waals surface area (Å²) in [5.74, 6) is -0.574. The minimum atomic E-state index is -4.54. The summed E-state index contributed by atoms with van der Waals surface area (Å²) < 4.78 is 51.5. The summed E-state index contributed by atoms with van der Waals surface area (Å²) >= 11 is 0. The lowest BCUT2D eigenvalue weighted by Crippen LogP contribution is -2.10. The molecule has 2 aromatic carbocycles. The quantitative estimate of drug-likeness (QED) is 0.654. The van der Waals surface area contributed by atoms with Crippen LogP contribution in [-0.2, 0) is 6.18 Å². The predicted octanol–water partition coefficient (Wildman–Crippen LogP) is 3.82. The summed E-state index contributed by atoms with van der Waals surface area (Å²) in [5, 5.41) is 10.2. The van der Waals surface area contributed by atoms with Gasteiger partial charge in [0.05, 0.1) is 5.56 Å². The molecule has 1 unspecified atom stereocenters. The number of alkyl halides is 3. The lowest BCUT2D eigenvalue weighted by molar-refractivity contribution is -0.137. The number of anilines is 1. The number of halogens is 4. The third-order valence-corrected chi connectivity index (χ3v) is 3.09. The zero-order chi connectivity index (χ0) is 15.8. The van der Waals surface area contributed by atoms with E-state index >= 15 is 0 Å². The van der Waals surface area contributed by atoms with Gasteiger partial charge in [0.25, 0.3) is 0 Å². The molecule has 0 bridgehead atoms. The lowest BCUT2D eigenvalue weighted by Gasteiger charge is -2.17. The summed E-state index contributed by atoms with van der Waals surface area (Å²) in [6, 6.07) is 6.51. The molecule has 0 spiro atoms. The van der Waals surface area contributed by atoms with Gasteiger partial charge in [-0.05, 0) is 48.4 Å². The van der Waals surface area contributed by atoms with E-state index in [-0.39, 0.29) is 16.8 Å². The largest absolute Gasteiger partial charge is 0.416 e. The van der Waals surface area contributed by atoms with Crippen molar-refractivity contribution in [2.45, 2.75) is 19.2 Å². The van der Waals surface area contributed by atoms with Crippen molar-refractivity contribution in [1.29, 1.82) is 0 Å². The Balaban J connectivity index is 2.49. The first-order valence-corrected chi connectivity index (χ1v) is 6.10. The van der Waals surface area contributed by atoms with Gasteiger partial charge >= 0.3 is 6.18 Å². The summed E-state index contributed by atoms with van der Waals surface area (Å²) in [7, 11) is 0. The van der Waals surface area contributed by atoms with Crippen molar-refractivity contribution >= 4 is 5.69 Å². The summed E-state index contributed by atoms with van der Waals surface area (Å²) in [5.41, 5.74) is 5.32. The highest BCUT2D eigenvalue weighted by molar-refractivity contribution is 5.53. The minimum absolute atomic E-state index is 0.0115. The highest BCUT2D eigenvalue weighted by atomic mass is 19.4. The van der Waals surface area contributed by atoms with E-state index in [2.05, 4.69) is 0 Å². The first-order valence-electron chi connectivity index (χ1n) is 6.10. The topological polar surface area (TPSA) is 46.2 Å². The summed E-state index contributed by atoms with van der Waals surface area (Å²) in [6.45, 7) is 1.62. The van der Waals surface area contributed by atoms with Gasteiger partial charge in [-0.3, -0.25) is 0 Å². The second-order valence-electron chi connectivity index (χ2n) is 4.81. The normalized spacial score (nSPS) is 13.2. The van der Waals surface area contributed by atoms with Crippen LogP contribution in [0.4, 0.5) is 23.2 Å². The van der Waals surface area contributed by atoms with E-state index < -0.39 is 23.7 Å². The molecular weight excluding hydrogens is 286 g/mol. The van der Waals surface area contributed by atoms with Gasteiger partial charge < -0.3 is 10.8 Å². The molecule has 2 nitrogen and oxygen atoms in total. The molecule has 6 heteroatoms. The van der Waals surface area contributed by atoms with Crippen molar-refractivity contribution in [3.63, 3.8) is 0 Å². The van der Waals surface area contributed by atoms with Crippen LogP contribution in [0.15, 0.2) is 36.4 Å². The molecule has 0 saturated carbocycles. The molecule has 112 valence electrons. The molecule has 0 fully saturated rings. The van der Waals surface area contributed by atoms with Crippen LogP contribution in [0.3, 0.4) is 0 Å². The maximum Gasteiger partial charge on any atom is 0.416 e. The molecule has 3 N–H and O–H groups in total. The first-order chi connectivity index (χ1) is 9.68. The molecule has 21 heavy (non-hydrogen) atoms. The van der Waals surface area contributed by atoms with E-state index in [1.165, 1.54) is 12.1 Å². The monoisotopic (exact) mass is 299 g/mol. The second kappa shape index (κ2) is 5.37. The van der Waals surface area contributed by atoms with E-state index in [0.717, 1.165) is 24.3 Å². The van der Waals surface area contributed by atoms with Crippen molar-refractivity contribution in [3.05, 3.63) is 64.5 Å². The third-order valence-electron chi connectivity index (χ3n) is 3.09. The van der Waals surface area contributed by atoms with Crippen molar-refractivity contribution in [3.8, 4) is 0 Å². The van der Waals surface area contributed by atoms with Crippen LogP contribution in [0.5, 0.6) is 0 Å². The maximum atomic E-state index is 13.4. The number of nitrogens with two attached hydrogens (primary N) is 1. The molecule has 0 aromatic heterocycles. The van der Waals surface area contributed by atoms with E-state index in [9.17, 15) is 22.7 Å². The van der Waals surface area contributed by atoms with E-state index in [1.807, 2.05) is 0 Å². The highest BCUT2D eigenvalue weighted by Gasteiger charge is 2.31. The van der Waals surface area contributed by atoms with Crippen LogP contribution in [-0.4, -0.2) is 5.11 Å². The molecule has 0 radical (unpaired) electrons. The van der Waals surface area contributed by atoms with E-state index in [4.69, 9.17) is 5.73 Å². The number of hydrogen-bond acceptors (Lipinski definition) is 2. The zero-order valence-corrected chi connectivity index (χ0v) is 11.1.